The second kappa shape index (κ2) is 5.22. The van der Waals surface area contributed by atoms with Crippen LogP contribution in [0.15, 0.2) is 0 Å². The molecule has 13 heavy (non-hydrogen) atoms. The van der Waals surface area contributed by atoms with E-state index < -0.39 is 0 Å². The molecule has 1 fully saturated rings. The smallest absolute Gasteiger partial charge is 0.307 e. The van der Waals surface area contributed by atoms with Crippen LogP contribution in [0.3, 0.4) is 0 Å². The van der Waals surface area contributed by atoms with Gasteiger partial charge in [-0.3, -0.25) is 4.79 Å². The third-order valence-electron chi connectivity index (χ3n) is 2.61. The lowest BCUT2D eigenvalue weighted by molar-refractivity contribution is -0.144. The normalized spacial score (nSPS) is 23.4. The Morgan fingerprint density at radius 3 is 2.92 bits per heavy atom. The van der Waals surface area contributed by atoms with E-state index in [0.29, 0.717) is 19.1 Å². The van der Waals surface area contributed by atoms with Crippen LogP contribution in [0.25, 0.3) is 0 Å². The summed E-state index contributed by atoms with van der Waals surface area (Å²) < 4.78 is 4.93. The van der Waals surface area contributed by atoms with Crippen molar-refractivity contribution in [2.24, 2.45) is 0 Å². The van der Waals surface area contributed by atoms with Gasteiger partial charge in [0.1, 0.15) is 0 Å². The molecule has 0 radical (unpaired) electrons. The monoisotopic (exact) mass is 185 g/mol. The van der Waals surface area contributed by atoms with Gasteiger partial charge in [0.05, 0.1) is 13.0 Å². The predicted octanol–water partition coefficient (Wildman–Crippen LogP) is 1.42. The van der Waals surface area contributed by atoms with Crippen LogP contribution in [0.2, 0.25) is 0 Å². The van der Waals surface area contributed by atoms with Crippen molar-refractivity contribution in [3.63, 3.8) is 0 Å². The second-order valence-electron chi connectivity index (χ2n) is 3.43. The van der Waals surface area contributed by atoms with E-state index in [4.69, 9.17) is 4.74 Å². The van der Waals surface area contributed by atoms with Crippen molar-refractivity contribution in [1.82, 2.24) is 4.90 Å². The van der Waals surface area contributed by atoms with Gasteiger partial charge in [-0.15, -0.1) is 0 Å². The van der Waals surface area contributed by atoms with Gasteiger partial charge in [0.15, 0.2) is 0 Å². The Balaban J connectivity index is 2.30. The molecule has 1 heterocycles. The maximum atomic E-state index is 11.2. The maximum absolute atomic E-state index is 11.2. The highest BCUT2D eigenvalue weighted by Crippen LogP contribution is 2.19. The molecule has 1 aliphatic heterocycles. The Morgan fingerprint density at radius 1 is 1.54 bits per heavy atom. The van der Waals surface area contributed by atoms with Crippen molar-refractivity contribution < 1.29 is 9.53 Å². The quantitative estimate of drug-likeness (QED) is 0.620. The SMILES string of the molecule is CCOC(=O)CC1CCCN1CC. The summed E-state index contributed by atoms with van der Waals surface area (Å²) in [5.74, 6) is -0.0483. The average Bonchev–Trinajstić information content (AvgIpc) is 2.52. The van der Waals surface area contributed by atoms with Crippen LogP contribution in [0.4, 0.5) is 0 Å². The third-order valence-corrected chi connectivity index (χ3v) is 2.61. The van der Waals surface area contributed by atoms with Crippen molar-refractivity contribution in [2.45, 2.75) is 39.2 Å². The summed E-state index contributed by atoms with van der Waals surface area (Å²) in [4.78, 5) is 13.6. The molecule has 3 heteroatoms. The van der Waals surface area contributed by atoms with Crippen LogP contribution in [-0.2, 0) is 9.53 Å². The lowest BCUT2D eigenvalue weighted by atomic mass is 10.1. The van der Waals surface area contributed by atoms with Crippen molar-refractivity contribution in [1.29, 1.82) is 0 Å². The number of nitrogens with zero attached hydrogens (tertiary/aromatic N) is 1. The van der Waals surface area contributed by atoms with Gasteiger partial charge in [-0.2, -0.15) is 0 Å². The molecule has 0 bridgehead atoms. The first kappa shape index (κ1) is 10.5. The van der Waals surface area contributed by atoms with Gasteiger partial charge in [-0.1, -0.05) is 6.92 Å². The standard InChI is InChI=1S/C10H19NO2/c1-3-11-7-5-6-9(11)8-10(12)13-4-2/h9H,3-8H2,1-2H3. The van der Waals surface area contributed by atoms with E-state index in [1.54, 1.807) is 0 Å². The number of carbonyl (C=O) groups is 1. The summed E-state index contributed by atoms with van der Waals surface area (Å²) >= 11 is 0. The first-order chi connectivity index (χ1) is 6.27. The van der Waals surface area contributed by atoms with Gasteiger partial charge < -0.3 is 9.64 Å². The molecule has 0 N–H and O–H groups in total. The van der Waals surface area contributed by atoms with Gasteiger partial charge in [-0.25, -0.2) is 0 Å². The Bertz CT molecular complexity index is 170. The summed E-state index contributed by atoms with van der Waals surface area (Å²) in [5.41, 5.74) is 0. The van der Waals surface area contributed by atoms with E-state index in [-0.39, 0.29) is 5.97 Å². The van der Waals surface area contributed by atoms with E-state index in [1.807, 2.05) is 6.92 Å². The van der Waals surface area contributed by atoms with E-state index in [1.165, 1.54) is 6.42 Å². The molecule has 1 unspecified atom stereocenters. The van der Waals surface area contributed by atoms with Crippen LogP contribution in [-0.4, -0.2) is 36.6 Å². The highest BCUT2D eigenvalue weighted by molar-refractivity contribution is 5.70. The highest BCUT2D eigenvalue weighted by Gasteiger charge is 2.25. The zero-order valence-corrected chi connectivity index (χ0v) is 8.58. The van der Waals surface area contributed by atoms with E-state index in [0.717, 1.165) is 19.5 Å². The largest absolute Gasteiger partial charge is 0.466 e. The third kappa shape index (κ3) is 2.99. The summed E-state index contributed by atoms with van der Waals surface area (Å²) in [5, 5.41) is 0. The minimum absolute atomic E-state index is 0.0483. The van der Waals surface area contributed by atoms with Gasteiger partial charge in [-0.05, 0) is 32.9 Å². The van der Waals surface area contributed by atoms with Crippen molar-refractivity contribution >= 4 is 5.97 Å². The second-order valence-corrected chi connectivity index (χ2v) is 3.43. The summed E-state index contributed by atoms with van der Waals surface area (Å²) in [6, 6.07) is 0.434. The molecule has 1 atom stereocenters. The fraction of sp³-hybridized carbons (Fsp3) is 0.900. The molecule has 0 amide bonds. The molecule has 0 spiro atoms. The van der Waals surface area contributed by atoms with Gasteiger partial charge in [0.2, 0.25) is 0 Å². The van der Waals surface area contributed by atoms with Crippen LogP contribution < -0.4 is 0 Å². The molecule has 0 saturated carbocycles. The molecule has 1 aliphatic rings. The Kier molecular flexibility index (Phi) is 4.22. The van der Waals surface area contributed by atoms with Gasteiger partial charge >= 0.3 is 5.97 Å². The lowest BCUT2D eigenvalue weighted by Crippen LogP contribution is -2.31. The van der Waals surface area contributed by atoms with Crippen LogP contribution in [0.1, 0.15) is 33.1 Å². The zero-order valence-electron chi connectivity index (χ0n) is 8.58. The number of hydrogen-bond acceptors (Lipinski definition) is 3. The molecule has 76 valence electrons. The van der Waals surface area contributed by atoms with E-state index in [9.17, 15) is 4.79 Å². The molecule has 1 saturated heterocycles. The number of likely N-dealkylation sites (tertiary alicyclic amines) is 1. The van der Waals surface area contributed by atoms with Gasteiger partial charge in [0.25, 0.3) is 0 Å². The average molecular weight is 185 g/mol. The number of hydrogen-bond donors (Lipinski definition) is 0. The van der Waals surface area contributed by atoms with Gasteiger partial charge in [0, 0.05) is 6.04 Å². The molecule has 1 rings (SSSR count). The number of carbonyl (C=O) groups excluding carboxylic acids is 1. The number of esters is 1. The first-order valence-corrected chi connectivity index (χ1v) is 5.17. The number of rotatable bonds is 4. The van der Waals surface area contributed by atoms with E-state index >= 15 is 0 Å². The minimum Gasteiger partial charge on any atom is -0.466 e. The molecule has 0 aromatic heterocycles. The van der Waals surface area contributed by atoms with E-state index in [2.05, 4.69) is 11.8 Å². The fourth-order valence-electron chi connectivity index (χ4n) is 1.95. The predicted molar refractivity (Wildman–Crippen MR) is 51.5 cm³/mol. The van der Waals surface area contributed by atoms with Crippen LogP contribution in [0, 0.1) is 0 Å². The fourth-order valence-corrected chi connectivity index (χ4v) is 1.95. The highest BCUT2D eigenvalue weighted by atomic mass is 16.5. The molecule has 0 aromatic rings. The maximum Gasteiger partial charge on any atom is 0.307 e. The summed E-state index contributed by atoms with van der Waals surface area (Å²) in [7, 11) is 0. The summed E-state index contributed by atoms with van der Waals surface area (Å²) in [6.45, 7) is 6.68. The molecular formula is C10H19NO2. The lowest BCUT2D eigenvalue weighted by Gasteiger charge is -2.21. The Labute approximate surface area is 80.1 Å². The molecule has 0 aromatic carbocycles. The zero-order chi connectivity index (χ0) is 9.68. The van der Waals surface area contributed by atoms with Crippen molar-refractivity contribution in [3.05, 3.63) is 0 Å². The Morgan fingerprint density at radius 2 is 2.31 bits per heavy atom. The van der Waals surface area contributed by atoms with Crippen molar-refractivity contribution in [3.8, 4) is 0 Å². The Hall–Kier alpha value is -0.570. The topological polar surface area (TPSA) is 29.5 Å². The molecule has 0 aliphatic carbocycles. The van der Waals surface area contributed by atoms with Crippen molar-refractivity contribution in [2.75, 3.05) is 19.7 Å². The molecular weight excluding hydrogens is 166 g/mol. The molecule has 3 nitrogen and oxygen atoms in total. The number of ether oxygens (including phenoxy) is 1. The first-order valence-electron chi connectivity index (χ1n) is 5.17. The van der Waals surface area contributed by atoms with Crippen LogP contribution in [0.5, 0.6) is 0 Å². The minimum atomic E-state index is -0.0483. The van der Waals surface area contributed by atoms with Crippen LogP contribution >= 0.6 is 0 Å². The summed E-state index contributed by atoms with van der Waals surface area (Å²) in [6.07, 6.45) is 2.94.